The summed E-state index contributed by atoms with van der Waals surface area (Å²) in [7, 11) is 8.45. The number of aliphatic hydroxyl groups is 1. The summed E-state index contributed by atoms with van der Waals surface area (Å²) in [4.78, 5) is 37.5. The lowest BCUT2D eigenvalue weighted by Crippen LogP contribution is -2.47. The molecule has 0 radical (unpaired) electrons. The maximum absolute atomic E-state index is 14.1. The van der Waals surface area contributed by atoms with Crippen LogP contribution in [0.1, 0.15) is 44.7 Å². The van der Waals surface area contributed by atoms with E-state index in [9.17, 15) is 14.7 Å². The number of aliphatic hydroxyl groups excluding tert-OH is 1. The smallest absolute Gasteiger partial charge is 0.339 e. The second-order valence-corrected chi connectivity index (χ2v) is 20.3. The maximum atomic E-state index is 14.1. The van der Waals surface area contributed by atoms with Crippen molar-refractivity contribution in [3.8, 4) is 79.7 Å². The highest BCUT2D eigenvalue weighted by Gasteiger charge is 2.40. The highest BCUT2D eigenvalue weighted by atomic mass is 16.7. The highest BCUT2D eigenvalue weighted by Crippen LogP contribution is 2.52. The van der Waals surface area contributed by atoms with E-state index in [0.717, 1.165) is 76.3 Å². The molecule has 1 N–H and O–H groups in total. The van der Waals surface area contributed by atoms with Gasteiger partial charge in [-0.05, 0) is 83.9 Å². The molecule has 6 aliphatic heterocycles. The van der Waals surface area contributed by atoms with E-state index < -0.39 is 24.3 Å². The van der Waals surface area contributed by atoms with Crippen LogP contribution >= 0.6 is 0 Å². The van der Waals surface area contributed by atoms with Crippen molar-refractivity contribution in [1.82, 2.24) is 19.6 Å². The van der Waals surface area contributed by atoms with Gasteiger partial charge in [-0.25, -0.2) is 9.59 Å². The third-order valence-corrected chi connectivity index (χ3v) is 15.9. The van der Waals surface area contributed by atoms with Crippen LogP contribution < -0.4 is 47.4 Å². The molecule has 6 aromatic carbocycles. The molecule has 19 nitrogen and oxygen atoms in total. The molecule has 12 rings (SSSR count). The zero-order valence-corrected chi connectivity index (χ0v) is 44.6. The molecular formula is C59H64N4O15. The Labute approximate surface area is 451 Å². The quantitative estimate of drug-likeness (QED) is 0.0648. The number of benzene rings is 6. The lowest BCUT2D eigenvalue weighted by molar-refractivity contribution is -0.0529. The molecule has 0 spiro atoms. The van der Waals surface area contributed by atoms with Gasteiger partial charge in [-0.3, -0.25) is 4.90 Å². The summed E-state index contributed by atoms with van der Waals surface area (Å²) in [6.45, 7) is 10.2. The molecule has 19 heteroatoms. The number of carbonyl (C=O) groups excluding carboxylic acids is 2. The molecule has 78 heavy (non-hydrogen) atoms. The van der Waals surface area contributed by atoms with Crippen molar-refractivity contribution < 1.29 is 71.5 Å². The molecule has 2 saturated heterocycles. The van der Waals surface area contributed by atoms with Gasteiger partial charge >= 0.3 is 11.9 Å². The molecule has 2 fully saturated rings. The van der Waals surface area contributed by atoms with Gasteiger partial charge in [-0.15, -0.1) is 0 Å². The van der Waals surface area contributed by atoms with Gasteiger partial charge in [0.05, 0.1) is 52.8 Å². The molecular weight excluding hydrogens is 1000 g/mol. The fourth-order valence-electron chi connectivity index (χ4n) is 11.7. The van der Waals surface area contributed by atoms with Crippen LogP contribution in [-0.4, -0.2) is 177 Å². The van der Waals surface area contributed by atoms with Crippen LogP contribution in [0.25, 0.3) is 43.8 Å². The van der Waals surface area contributed by atoms with Gasteiger partial charge in [0, 0.05) is 111 Å². The maximum Gasteiger partial charge on any atom is 0.339 e. The summed E-state index contributed by atoms with van der Waals surface area (Å²) >= 11 is 0. The van der Waals surface area contributed by atoms with Crippen LogP contribution in [0.5, 0.6) is 57.5 Å². The van der Waals surface area contributed by atoms with E-state index in [1.807, 2.05) is 60.7 Å². The normalized spacial score (nSPS) is 18.5. The summed E-state index contributed by atoms with van der Waals surface area (Å²) in [6, 6.07) is 18.8. The minimum absolute atomic E-state index is 0.0298. The fraction of sp³-hybridized carbons (Fsp3) is 0.424. The van der Waals surface area contributed by atoms with E-state index in [-0.39, 0.29) is 26.6 Å². The van der Waals surface area contributed by atoms with Gasteiger partial charge in [-0.2, -0.15) is 0 Å². The van der Waals surface area contributed by atoms with Crippen LogP contribution in [-0.2, 0) is 22.7 Å². The number of nitrogens with zero attached hydrogens (tertiary/aromatic N) is 4. The largest absolute Gasteiger partial charge is 0.493 e. The lowest BCUT2D eigenvalue weighted by Gasteiger charge is -2.34. The predicted molar refractivity (Wildman–Crippen MR) is 287 cm³/mol. The van der Waals surface area contributed by atoms with Crippen LogP contribution in [0, 0.1) is 0 Å². The van der Waals surface area contributed by atoms with Crippen molar-refractivity contribution >= 4 is 33.5 Å². The average Bonchev–Trinajstić information content (AvgIpc) is 4.43. The first-order valence-corrected chi connectivity index (χ1v) is 26.6. The summed E-state index contributed by atoms with van der Waals surface area (Å²) in [5.41, 5.74) is 4.69. The Morgan fingerprint density at radius 3 is 1.65 bits per heavy atom. The van der Waals surface area contributed by atoms with Crippen molar-refractivity contribution in [2.24, 2.45) is 0 Å². The number of esters is 2. The van der Waals surface area contributed by atoms with Gasteiger partial charge in [0.15, 0.2) is 52.1 Å². The SMILES string of the molecule is COc1cc2c(OCCCN3CCN(CCO)CC3)c3c(c(-c4ccc5c(c4)OC(C(CCN4CCN(C)CC4)Oc4c6c(c(-c7ccc8c(c7)OCO8)c7cc(OC)c(OC)cc47)C(=O)OC6)O5)c2cc1OC)C(=O)OC3. The zero-order valence-electron chi connectivity index (χ0n) is 44.6. The van der Waals surface area contributed by atoms with E-state index in [4.69, 9.17) is 56.8 Å². The number of hydrogen-bond donors (Lipinski definition) is 1. The van der Waals surface area contributed by atoms with Crippen molar-refractivity contribution in [2.75, 3.05) is 127 Å². The van der Waals surface area contributed by atoms with Gasteiger partial charge < -0.3 is 76.6 Å². The molecule has 0 aliphatic carbocycles. The van der Waals surface area contributed by atoms with Crippen molar-refractivity contribution in [3.05, 3.63) is 82.9 Å². The Morgan fingerprint density at radius 1 is 0.551 bits per heavy atom. The van der Waals surface area contributed by atoms with E-state index in [1.165, 1.54) is 0 Å². The Morgan fingerprint density at radius 2 is 1.05 bits per heavy atom. The Hall–Kier alpha value is -7.42. The second-order valence-electron chi connectivity index (χ2n) is 20.3. The number of carbonyl (C=O) groups is 2. The second kappa shape index (κ2) is 21.8. The first kappa shape index (κ1) is 51.3. The summed E-state index contributed by atoms with van der Waals surface area (Å²) < 4.78 is 74.2. The predicted octanol–water partition coefficient (Wildman–Crippen LogP) is 6.99. The highest BCUT2D eigenvalue weighted by molar-refractivity contribution is 6.15. The molecule has 0 amide bonds. The first-order valence-electron chi connectivity index (χ1n) is 26.6. The minimum atomic E-state index is -0.947. The molecule has 410 valence electrons. The number of ether oxygens (including phenoxy) is 12. The molecule has 6 aromatic rings. The standard InChI is InChI=1S/C59H64N4O15/c1-60-14-16-62(17-15-60)13-11-44(76-56-39-30-48(70-5)46(68-3)28-37(39)51(54-41(56)32-73-58(54)66)34-7-9-42-49(25-34)75-33-74-42)59-77-43-10-8-35(26-50(43)78-59)52-36-27-45(67-2)47(69-4)29-38(36)55(40-31-72-57(65)53(40)52)71-24-6-12-61-18-20-63(21-19-61)22-23-64/h7-10,25-30,44,59,64H,6,11-24,31-33H2,1-5H3. The number of rotatable bonds is 19. The monoisotopic (exact) mass is 1070 g/mol. The van der Waals surface area contributed by atoms with Crippen LogP contribution in [0.2, 0.25) is 0 Å². The van der Waals surface area contributed by atoms with E-state index >= 15 is 0 Å². The number of piperazine rings is 2. The number of hydrogen-bond acceptors (Lipinski definition) is 19. The summed E-state index contributed by atoms with van der Waals surface area (Å²) in [5.74, 6) is 4.11. The topological polar surface area (TPSA) is 178 Å². The molecule has 0 bridgehead atoms. The number of β-amino-alcohol motifs (C(OH)–C–C–N with tert-alkyl or cyclic N) is 1. The van der Waals surface area contributed by atoms with Crippen molar-refractivity contribution in [3.63, 3.8) is 0 Å². The Balaban J connectivity index is 0.904. The first-order chi connectivity index (χ1) is 38.1. The van der Waals surface area contributed by atoms with Crippen molar-refractivity contribution in [2.45, 2.75) is 38.4 Å². The number of likely N-dealkylation sites (N-methyl/N-ethyl adjacent to an activating group) is 1. The average molecular weight is 1070 g/mol. The lowest BCUT2D eigenvalue weighted by atomic mass is 9.89. The Bertz CT molecular complexity index is 3300. The summed E-state index contributed by atoms with van der Waals surface area (Å²) in [6.07, 6.45) is -0.413. The molecule has 6 heterocycles. The van der Waals surface area contributed by atoms with Crippen LogP contribution in [0.3, 0.4) is 0 Å². The van der Waals surface area contributed by atoms with Gasteiger partial charge in [0.2, 0.25) is 6.79 Å². The number of methoxy groups -OCH3 is 4. The third kappa shape index (κ3) is 9.50. The van der Waals surface area contributed by atoms with Gasteiger partial charge in [0.25, 0.3) is 6.29 Å². The number of fused-ring (bicyclic) bond motifs is 6. The zero-order chi connectivity index (χ0) is 53.6. The van der Waals surface area contributed by atoms with E-state index in [1.54, 1.807) is 28.4 Å². The molecule has 0 saturated carbocycles. The van der Waals surface area contributed by atoms with E-state index in [0.29, 0.717) is 139 Å². The minimum Gasteiger partial charge on any atom is -0.493 e. The van der Waals surface area contributed by atoms with Crippen molar-refractivity contribution in [1.29, 1.82) is 0 Å². The van der Waals surface area contributed by atoms with Crippen LogP contribution in [0.4, 0.5) is 0 Å². The number of cyclic esters (lactones) is 2. The van der Waals surface area contributed by atoms with Gasteiger partial charge in [0.1, 0.15) is 24.7 Å². The van der Waals surface area contributed by atoms with Crippen LogP contribution in [0.15, 0.2) is 60.7 Å². The van der Waals surface area contributed by atoms with E-state index in [2.05, 4.69) is 26.6 Å². The third-order valence-electron chi connectivity index (χ3n) is 15.9. The summed E-state index contributed by atoms with van der Waals surface area (Å²) in [5, 5.41) is 12.2. The molecule has 6 aliphatic rings. The fourth-order valence-corrected chi connectivity index (χ4v) is 11.7. The molecule has 2 atom stereocenters. The molecule has 0 aromatic heterocycles. The molecule has 2 unspecified atom stereocenters. The Kier molecular flexibility index (Phi) is 14.3. The van der Waals surface area contributed by atoms with Gasteiger partial charge in [-0.1, -0.05) is 12.1 Å².